The molecule has 3 aromatic rings. The molecule has 126 valence electrons. The van der Waals surface area contributed by atoms with Crippen molar-refractivity contribution in [3.05, 3.63) is 59.4 Å². The summed E-state index contributed by atoms with van der Waals surface area (Å²) in [6.07, 6.45) is 0.934. The van der Waals surface area contributed by atoms with E-state index in [9.17, 15) is 0 Å². The van der Waals surface area contributed by atoms with Crippen LogP contribution in [0.25, 0.3) is 11.0 Å². The second-order valence-electron chi connectivity index (χ2n) is 6.35. The fourth-order valence-corrected chi connectivity index (χ4v) is 2.81. The van der Waals surface area contributed by atoms with Gasteiger partial charge in [-0.1, -0.05) is 31.2 Å². The Morgan fingerprint density at radius 3 is 2.75 bits per heavy atom. The Morgan fingerprint density at radius 1 is 1.17 bits per heavy atom. The van der Waals surface area contributed by atoms with Gasteiger partial charge in [0.05, 0.1) is 11.0 Å². The molecule has 0 amide bonds. The number of para-hydroxylation sites is 2. The average Bonchev–Trinajstić information content (AvgIpc) is 2.93. The number of rotatable bonds is 6. The fourth-order valence-electron chi connectivity index (χ4n) is 2.81. The molecular formula is C20H25N3O. The third-order valence-corrected chi connectivity index (χ3v) is 4.38. The summed E-state index contributed by atoms with van der Waals surface area (Å²) in [7, 11) is 0. The monoisotopic (exact) mass is 323 g/mol. The molecule has 24 heavy (non-hydrogen) atoms. The lowest BCUT2D eigenvalue weighted by atomic mass is 10.1. The van der Waals surface area contributed by atoms with Gasteiger partial charge in [-0.2, -0.15) is 0 Å². The Balaban J connectivity index is 1.90. The molecule has 1 heterocycles. The fraction of sp³-hybridized carbons (Fsp3) is 0.350. The van der Waals surface area contributed by atoms with Crippen LogP contribution < -0.4 is 10.5 Å². The van der Waals surface area contributed by atoms with E-state index in [1.54, 1.807) is 0 Å². The first kappa shape index (κ1) is 16.5. The van der Waals surface area contributed by atoms with Crippen molar-refractivity contribution in [1.29, 1.82) is 0 Å². The van der Waals surface area contributed by atoms with Crippen molar-refractivity contribution in [3.8, 4) is 5.75 Å². The number of ether oxygens (including phenoxy) is 1. The van der Waals surface area contributed by atoms with E-state index in [2.05, 4.69) is 49.6 Å². The van der Waals surface area contributed by atoms with E-state index in [1.807, 2.05) is 18.2 Å². The standard InChI is InChI=1S/C20H25N3O/c1-4-16(21)12-23-18-8-6-5-7-17(18)22-20(23)13-24-19-11-14(2)9-10-15(19)3/h5-11,16H,4,12-13,21H2,1-3H3. The predicted octanol–water partition coefficient (Wildman–Crippen LogP) is 3.97. The van der Waals surface area contributed by atoms with Crippen molar-refractivity contribution in [2.75, 3.05) is 0 Å². The number of fused-ring (bicyclic) bond motifs is 1. The van der Waals surface area contributed by atoms with E-state index in [1.165, 1.54) is 5.56 Å². The average molecular weight is 323 g/mol. The first-order valence-electron chi connectivity index (χ1n) is 8.48. The maximum absolute atomic E-state index is 6.19. The lowest BCUT2D eigenvalue weighted by Crippen LogP contribution is -2.26. The van der Waals surface area contributed by atoms with Crippen molar-refractivity contribution in [1.82, 2.24) is 9.55 Å². The second kappa shape index (κ2) is 7.05. The van der Waals surface area contributed by atoms with Crippen molar-refractivity contribution < 1.29 is 4.74 Å². The summed E-state index contributed by atoms with van der Waals surface area (Å²) in [6, 6.07) is 14.5. The molecule has 4 heteroatoms. The molecule has 2 aromatic carbocycles. The van der Waals surface area contributed by atoms with Crippen LogP contribution in [0.1, 0.15) is 30.3 Å². The van der Waals surface area contributed by atoms with Gasteiger partial charge in [-0.15, -0.1) is 0 Å². The Morgan fingerprint density at radius 2 is 1.96 bits per heavy atom. The summed E-state index contributed by atoms with van der Waals surface area (Å²) in [5, 5.41) is 0. The largest absolute Gasteiger partial charge is 0.485 e. The number of aromatic nitrogens is 2. The molecule has 0 aliphatic heterocycles. The molecule has 0 saturated carbocycles. The number of hydrogen-bond donors (Lipinski definition) is 1. The Kier molecular flexibility index (Phi) is 4.86. The summed E-state index contributed by atoms with van der Waals surface area (Å²) in [6.45, 7) is 7.43. The first-order chi connectivity index (χ1) is 11.6. The molecule has 0 aliphatic carbocycles. The SMILES string of the molecule is CCC(N)Cn1c(COc2cc(C)ccc2C)nc2ccccc21. The third kappa shape index (κ3) is 3.44. The zero-order chi connectivity index (χ0) is 17.1. The van der Waals surface area contributed by atoms with Gasteiger partial charge in [0.1, 0.15) is 18.2 Å². The van der Waals surface area contributed by atoms with Gasteiger partial charge in [0.25, 0.3) is 0 Å². The van der Waals surface area contributed by atoms with E-state index in [4.69, 9.17) is 15.5 Å². The van der Waals surface area contributed by atoms with Gasteiger partial charge in [0.15, 0.2) is 0 Å². The molecule has 1 aromatic heterocycles. The number of imidazole rings is 1. The van der Waals surface area contributed by atoms with Crippen LogP contribution in [0.2, 0.25) is 0 Å². The van der Waals surface area contributed by atoms with E-state index >= 15 is 0 Å². The molecule has 1 atom stereocenters. The minimum absolute atomic E-state index is 0.113. The maximum atomic E-state index is 6.19. The zero-order valence-electron chi connectivity index (χ0n) is 14.6. The van der Waals surface area contributed by atoms with Gasteiger partial charge in [-0.05, 0) is 49.6 Å². The summed E-state index contributed by atoms with van der Waals surface area (Å²) in [4.78, 5) is 4.75. The summed E-state index contributed by atoms with van der Waals surface area (Å²) in [5.41, 5.74) is 10.6. The number of benzene rings is 2. The van der Waals surface area contributed by atoms with Crippen LogP contribution in [-0.2, 0) is 13.2 Å². The van der Waals surface area contributed by atoms with Crippen molar-refractivity contribution in [3.63, 3.8) is 0 Å². The molecule has 0 radical (unpaired) electrons. The molecule has 0 spiro atoms. The summed E-state index contributed by atoms with van der Waals surface area (Å²) in [5.74, 6) is 1.83. The number of hydrogen-bond acceptors (Lipinski definition) is 3. The van der Waals surface area contributed by atoms with Crippen LogP contribution in [0.15, 0.2) is 42.5 Å². The molecule has 0 saturated heterocycles. The Hall–Kier alpha value is -2.33. The van der Waals surface area contributed by atoms with Gasteiger partial charge in [0, 0.05) is 12.6 Å². The van der Waals surface area contributed by atoms with Crippen LogP contribution in [0.4, 0.5) is 0 Å². The van der Waals surface area contributed by atoms with Gasteiger partial charge in [-0.25, -0.2) is 4.98 Å². The predicted molar refractivity (Wildman–Crippen MR) is 98.2 cm³/mol. The quantitative estimate of drug-likeness (QED) is 0.747. The second-order valence-corrected chi connectivity index (χ2v) is 6.35. The minimum atomic E-state index is 0.113. The molecule has 1 unspecified atom stereocenters. The minimum Gasteiger partial charge on any atom is -0.485 e. The molecule has 0 fully saturated rings. The van der Waals surface area contributed by atoms with Crippen LogP contribution in [0.3, 0.4) is 0 Å². The highest BCUT2D eigenvalue weighted by atomic mass is 16.5. The Labute approximate surface area is 143 Å². The molecule has 3 rings (SSSR count). The smallest absolute Gasteiger partial charge is 0.148 e. The van der Waals surface area contributed by atoms with Crippen molar-refractivity contribution >= 4 is 11.0 Å². The number of nitrogens with zero attached hydrogens (tertiary/aromatic N) is 2. The highest BCUT2D eigenvalue weighted by Gasteiger charge is 2.13. The van der Waals surface area contributed by atoms with Gasteiger partial charge in [0.2, 0.25) is 0 Å². The third-order valence-electron chi connectivity index (χ3n) is 4.38. The number of aryl methyl sites for hydroxylation is 2. The van der Waals surface area contributed by atoms with Crippen LogP contribution >= 0.6 is 0 Å². The van der Waals surface area contributed by atoms with E-state index in [0.29, 0.717) is 6.61 Å². The molecule has 4 nitrogen and oxygen atoms in total. The highest BCUT2D eigenvalue weighted by Crippen LogP contribution is 2.22. The topological polar surface area (TPSA) is 53.1 Å². The lowest BCUT2D eigenvalue weighted by Gasteiger charge is -2.15. The molecule has 0 aliphatic rings. The van der Waals surface area contributed by atoms with Gasteiger partial charge < -0.3 is 15.0 Å². The maximum Gasteiger partial charge on any atom is 0.148 e. The van der Waals surface area contributed by atoms with E-state index in [0.717, 1.165) is 41.1 Å². The molecular weight excluding hydrogens is 298 g/mol. The summed E-state index contributed by atoms with van der Waals surface area (Å²) >= 11 is 0. The lowest BCUT2D eigenvalue weighted by molar-refractivity contribution is 0.286. The van der Waals surface area contributed by atoms with Gasteiger partial charge in [-0.3, -0.25) is 0 Å². The first-order valence-corrected chi connectivity index (χ1v) is 8.48. The van der Waals surface area contributed by atoms with Crippen molar-refractivity contribution in [2.45, 2.75) is 46.4 Å². The van der Waals surface area contributed by atoms with Crippen LogP contribution in [0, 0.1) is 13.8 Å². The number of nitrogens with two attached hydrogens (primary N) is 1. The van der Waals surface area contributed by atoms with E-state index in [-0.39, 0.29) is 6.04 Å². The van der Waals surface area contributed by atoms with E-state index < -0.39 is 0 Å². The van der Waals surface area contributed by atoms with Gasteiger partial charge >= 0.3 is 0 Å². The van der Waals surface area contributed by atoms with Crippen molar-refractivity contribution in [2.24, 2.45) is 5.73 Å². The molecule has 2 N–H and O–H groups in total. The highest BCUT2D eigenvalue weighted by molar-refractivity contribution is 5.75. The molecule has 0 bridgehead atoms. The zero-order valence-corrected chi connectivity index (χ0v) is 14.6. The normalized spacial score (nSPS) is 12.5. The van der Waals surface area contributed by atoms with Crippen LogP contribution in [-0.4, -0.2) is 15.6 Å². The Bertz CT molecular complexity index is 838. The summed E-state index contributed by atoms with van der Waals surface area (Å²) < 4.78 is 8.25. The van der Waals surface area contributed by atoms with Crippen LogP contribution in [0.5, 0.6) is 5.75 Å².